The van der Waals surface area contributed by atoms with Crippen molar-refractivity contribution in [2.75, 3.05) is 18.4 Å². The van der Waals surface area contributed by atoms with Crippen LogP contribution >= 0.6 is 11.3 Å². The van der Waals surface area contributed by atoms with E-state index in [0.29, 0.717) is 0 Å². The Morgan fingerprint density at radius 2 is 2.13 bits per heavy atom. The Hall–Kier alpha value is -1.20. The predicted octanol–water partition coefficient (Wildman–Crippen LogP) is 3.92. The highest BCUT2D eigenvalue weighted by Crippen LogP contribution is 2.25. The molecule has 3 atom stereocenters. The molecule has 1 saturated heterocycles. The molecule has 1 amide bonds. The van der Waals surface area contributed by atoms with Crippen LogP contribution in [-0.4, -0.2) is 28.9 Å². The molecule has 1 aliphatic heterocycles. The number of likely N-dealkylation sites (tertiary alicyclic amines) is 1. The normalized spacial score (nSPS) is 28.7. The first-order valence-corrected chi connectivity index (χ1v) is 9.60. The van der Waals surface area contributed by atoms with Crippen molar-refractivity contribution < 1.29 is 4.79 Å². The van der Waals surface area contributed by atoms with Crippen molar-refractivity contribution in [2.24, 2.45) is 17.8 Å². The van der Waals surface area contributed by atoms with E-state index >= 15 is 0 Å². The Bertz CT molecular complexity index is 558. The van der Waals surface area contributed by atoms with Gasteiger partial charge >= 0.3 is 0 Å². The van der Waals surface area contributed by atoms with Gasteiger partial charge in [-0.2, -0.15) is 0 Å². The van der Waals surface area contributed by atoms with Gasteiger partial charge in [-0.3, -0.25) is 9.69 Å². The molecule has 1 aromatic rings. The van der Waals surface area contributed by atoms with Gasteiger partial charge in [0, 0.05) is 30.9 Å². The van der Waals surface area contributed by atoms with Crippen molar-refractivity contribution in [3.8, 4) is 0 Å². The molecule has 1 fully saturated rings. The summed E-state index contributed by atoms with van der Waals surface area (Å²) in [7, 11) is 0. The summed E-state index contributed by atoms with van der Waals surface area (Å²) >= 11 is 1.54. The molecule has 5 heteroatoms. The van der Waals surface area contributed by atoms with E-state index in [0.717, 1.165) is 61.6 Å². The fraction of sp³-hybridized carbons (Fsp3) is 0.667. The number of thiazole rings is 1. The van der Waals surface area contributed by atoms with Gasteiger partial charge in [-0.05, 0) is 37.5 Å². The summed E-state index contributed by atoms with van der Waals surface area (Å²) in [6.45, 7) is 7.85. The van der Waals surface area contributed by atoms with E-state index in [1.807, 2.05) is 0 Å². The lowest BCUT2D eigenvalue weighted by Gasteiger charge is -2.34. The van der Waals surface area contributed by atoms with Crippen LogP contribution in [0.5, 0.6) is 0 Å². The average Bonchev–Trinajstić information content (AvgIpc) is 2.94. The molecule has 2 aliphatic rings. The van der Waals surface area contributed by atoms with Gasteiger partial charge < -0.3 is 5.32 Å². The molecule has 0 spiro atoms. The SMILES string of the molecule is C[C@@H]1C[C@@H](C)CN(Cc2csc(NC(=O)[C@H]3CC=CCC3)n2)C1. The van der Waals surface area contributed by atoms with Crippen LogP contribution in [0.3, 0.4) is 0 Å². The second kappa shape index (κ2) is 7.58. The quantitative estimate of drug-likeness (QED) is 0.850. The van der Waals surface area contributed by atoms with Crippen molar-refractivity contribution in [1.29, 1.82) is 0 Å². The summed E-state index contributed by atoms with van der Waals surface area (Å²) in [5, 5.41) is 5.83. The Kier molecular flexibility index (Phi) is 5.49. The maximum absolute atomic E-state index is 12.3. The van der Waals surface area contributed by atoms with E-state index in [1.54, 1.807) is 11.3 Å². The molecule has 0 saturated carbocycles. The minimum atomic E-state index is 0.108. The van der Waals surface area contributed by atoms with Gasteiger partial charge in [-0.1, -0.05) is 26.0 Å². The number of allylic oxidation sites excluding steroid dienone is 2. The Morgan fingerprint density at radius 1 is 1.35 bits per heavy atom. The number of hydrogen-bond acceptors (Lipinski definition) is 4. The number of nitrogens with zero attached hydrogens (tertiary/aromatic N) is 2. The topological polar surface area (TPSA) is 45.2 Å². The zero-order chi connectivity index (χ0) is 16.2. The molecule has 3 rings (SSSR count). The van der Waals surface area contributed by atoms with Gasteiger partial charge in [0.1, 0.15) is 0 Å². The monoisotopic (exact) mass is 333 g/mol. The molecule has 0 bridgehead atoms. The van der Waals surface area contributed by atoms with Crippen LogP contribution in [0.1, 0.15) is 45.2 Å². The zero-order valence-electron chi connectivity index (χ0n) is 14.1. The van der Waals surface area contributed by atoms with Crippen molar-refractivity contribution in [2.45, 2.75) is 46.1 Å². The predicted molar refractivity (Wildman–Crippen MR) is 95.4 cm³/mol. The molecule has 2 heterocycles. The van der Waals surface area contributed by atoms with Crippen LogP contribution < -0.4 is 5.32 Å². The molecule has 0 unspecified atom stereocenters. The van der Waals surface area contributed by atoms with Gasteiger partial charge in [-0.25, -0.2) is 4.98 Å². The molecule has 0 aromatic carbocycles. The minimum absolute atomic E-state index is 0.108. The smallest absolute Gasteiger partial charge is 0.229 e. The van der Waals surface area contributed by atoms with Gasteiger partial charge in [0.2, 0.25) is 5.91 Å². The number of hydrogen-bond donors (Lipinski definition) is 1. The van der Waals surface area contributed by atoms with Crippen LogP contribution in [0.15, 0.2) is 17.5 Å². The molecule has 0 radical (unpaired) electrons. The van der Waals surface area contributed by atoms with E-state index in [2.05, 4.69) is 46.6 Å². The number of carbonyl (C=O) groups is 1. The third-order valence-corrected chi connectivity index (χ3v) is 5.56. The molecule has 23 heavy (non-hydrogen) atoms. The number of carbonyl (C=O) groups excluding carboxylic acids is 1. The summed E-state index contributed by atoms with van der Waals surface area (Å²) < 4.78 is 0. The third-order valence-electron chi connectivity index (χ3n) is 4.75. The summed E-state index contributed by atoms with van der Waals surface area (Å²) in [6.07, 6.45) is 8.40. The van der Waals surface area contributed by atoms with Crippen LogP contribution in [-0.2, 0) is 11.3 Å². The number of nitrogens with one attached hydrogen (secondary N) is 1. The van der Waals surface area contributed by atoms with E-state index in [4.69, 9.17) is 0 Å². The van der Waals surface area contributed by atoms with Crippen LogP contribution in [0, 0.1) is 17.8 Å². The Morgan fingerprint density at radius 3 is 2.83 bits per heavy atom. The summed E-state index contributed by atoms with van der Waals surface area (Å²) in [5.41, 5.74) is 1.08. The van der Waals surface area contributed by atoms with Crippen molar-refractivity contribution in [3.05, 3.63) is 23.2 Å². The van der Waals surface area contributed by atoms with Crippen molar-refractivity contribution >= 4 is 22.4 Å². The number of rotatable bonds is 4. The molecular formula is C18H27N3OS. The first-order valence-electron chi connectivity index (χ1n) is 8.72. The van der Waals surface area contributed by atoms with E-state index in [-0.39, 0.29) is 11.8 Å². The molecular weight excluding hydrogens is 306 g/mol. The number of piperidine rings is 1. The second-order valence-corrected chi connectivity index (χ2v) is 8.11. The van der Waals surface area contributed by atoms with Crippen LogP contribution in [0.25, 0.3) is 0 Å². The van der Waals surface area contributed by atoms with Gasteiger partial charge in [0.25, 0.3) is 0 Å². The van der Waals surface area contributed by atoms with E-state index < -0.39 is 0 Å². The zero-order valence-corrected chi connectivity index (χ0v) is 14.9. The summed E-state index contributed by atoms with van der Waals surface area (Å²) in [5.74, 6) is 1.75. The standard InChI is InChI=1S/C18H27N3OS/c1-13-8-14(2)10-21(9-13)11-16-12-23-18(19-16)20-17(22)15-6-4-3-5-7-15/h3-4,12-15H,5-11H2,1-2H3,(H,19,20,22)/t13-,14-,15+/m1/s1. The highest BCUT2D eigenvalue weighted by atomic mass is 32.1. The Balaban J connectivity index is 1.53. The fourth-order valence-corrected chi connectivity index (χ4v) is 4.53. The van der Waals surface area contributed by atoms with Crippen LogP contribution in [0.2, 0.25) is 0 Å². The first-order chi connectivity index (χ1) is 11.1. The van der Waals surface area contributed by atoms with Crippen LogP contribution in [0.4, 0.5) is 5.13 Å². The molecule has 4 nitrogen and oxygen atoms in total. The van der Waals surface area contributed by atoms with Gasteiger partial charge in [0.05, 0.1) is 5.69 Å². The highest BCUT2D eigenvalue weighted by molar-refractivity contribution is 7.13. The lowest BCUT2D eigenvalue weighted by atomic mass is 9.92. The highest BCUT2D eigenvalue weighted by Gasteiger charge is 2.23. The number of anilines is 1. The minimum Gasteiger partial charge on any atom is -0.302 e. The van der Waals surface area contributed by atoms with Gasteiger partial charge in [0.15, 0.2) is 5.13 Å². The van der Waals surface area contributed by atoms with Crippen molar-refractivity contribution in [1.82, 2.24) is 9.88 Å². The number of amides is 1. The molecule has 1 aliphatic carbocycles. The number of aromatic nitrogens is 1. The summed E-state index contributed by atoms with van der Waals surface area (Å²) in [4.78, 5) is 19.4. The third kappa shape index (κ3) is 4.64. The maximum Gasteiger partial charge on any atom is 0.229 e. The molecule has 1 aromatic heterocycles. The van der Waals surface area contributed by atoms with Crippen molar-refractivity contribution in [3.63, 3.8) is 0 Å². The Labute approximate surface area is 143 Å². The second-order valence-electron chi connectivity index (χ2n) is 7.25. The fourth-order valence-electron chi connectivity index (χ4n) is 3.83. The molecule has 126 valence electrons. The average molecular weight is 334 g/mol. The maximum atomic E-state index is 12.3. The van der Waals surface area contributed by atoms with E-state index in [9.17, 15) is 4.79 Å². The summed E-state index contributed by atoms with van der Waals surface area (Å²) in [6, 6.07) is 0. The largest absolute Gasteiger partial charge is 0.302 e. The lowest BCUT2D eigenvalue weighted by molar-refractivity contribution is -0.120. The first kappa shape index (κ1) is 16.7. The van der Waals surface area contributed by atoms with E-state index in [1.165, 1.54) is 6.42 Å². The lowest BCUT2D eigenvalue weighted by Crippen LogP contribution is -2.38. The van der Waals surface area contributed by atoms with Gasteiger partial charge in [-0.15, -0.1) is 11.3 Å². The molecule has 1 N–H and O–H groups in total.